The molecule has 1 amide bonds. The van der Waals surface area contributed by atoms with Gasteiger partial charge in [-0.05, 0) is 61.7 Å². The van der Waals surface area contributed by atoms with Gasteiger partial charge in [-0.3, -0.25) is 4.79 Å². The molecule has 0 aliphatic heterocycles. The third-order valence-electron chi connectivity index (χ3n) is 4.12. The molecule has 8 heteroatoms. The van der Waals surface area contributed by atoms with Gasteiger partial charge in [0, 0.05) is 11.6 Å². The van der Waals surface area contributed by atoms with Crippen LogP contribution in [0, 0.1) is 0 Å². The van der Waals surface area contributed by atoms with E-state index in [1.807, 2.05) is 6.92 Å². The number of sulfonamides is 1. The Labute approximate surface area is 162 Å². The van der Waals surface area contributed by atoms with Gasteiger partial charge in [0.25, 0.3) is 5.91 Å². The first-order valence-electron chi connectivity index (χ1n) is 8.14. The summed E-state index contributed by atoms with van der Waals surface area (Å²) in [4.78, 5) is 12.5. The quantitative estimate of drug-likeness (QED) is 0.754. The fourth-order valence-electron chi connectivity index (χ4n) is 2.42. The van der Waals surface area contributed by atoms with E-state index in [0.717, 1.165) is 18.4 Å². The van der Waals surface area contributed by atoms with E-state index in [1.54, 1.807) is 18.2 Å². The molecule has 0 bridgehead atoms. The molecule has 2 N–H and O–H groups in total. The van der Waals surface area contributed by atoms with Crippen LogP contribution in [-0.4, -0.2) is 20.4 Å². The Balaban J connectivity index is 1.68. The topological polar surface area (TPSA) is 75.3 Å². The zero-order valence-electron chi connectivity index (χ0n) is 14.0. The van der Waals surface area contributed by atoms with E-state index >= 15 is 0 Å². The maximum absolute atomic E-state index is 12.4. The summed E-state index contributed by atoms with van der Waals surface area (Å²) in [6, 6.07) is 10.8. The zero-order chi connectivity index (χ0) is 18.9. The van der Waals surface area contributed by atoms with Crippen molar-refractivity contribution in [2.75, 3.05) is 0 Å². The minimum atomic E-state index is -3.52. The Morgan fingerprint density at radius 2 is 1.73 bits per heavy atom. The average Bonchev–Trinajstić information content (AvgIpc) is 3.40. The van der Waals surface area contributed by atoms with Crippen molar-refractivity contribution in [3.05, 3.63) is 63.6 Å². The summed E-state index contributed by atoms with van der Waals surface area (Å²) in [6.45, 7) is 1.83. The fourth-order valence-corrected chi connectivity index (χ4v) is 4.03. The van der Waals surface area contributed by atoms with Gasteiger partial charge in [0.05, 0.1) is 21.0 Å². The summed E-state index contributed by atoms with van der Waals surface area (Å²) in [5.74, 6) is -0.303. The normalized spacial score (nSPS) is 15.5. The molecule has 1 aliphatic rings. The van der Waals surface area contributed by atoms with Gasteiger partial charge < -0.3 is 5.32 Å². The van der Waals surface area contributed by atoms with Crippen molar-refractivity contribution < 1.29 is 13.2 Å². The van der Waals surface area contributed by atoms with E-state index in [-0.39, 0.29) is 22.9 Å². The predicted molar refractivity (Wildman–Crippen MR) is 102 cm³/mol. The van der Waals surface area contributed by atoms with Crippen molar-refractivity contribution in [1.29, 1.82) is 0 Å². The number of carbonyl (C=O) groups excluding carboxylic acids is 1. The van der Waals surface area contributed by atoms with Crippen LogP contribution in [0.1, 0.15) is 41.7 Å². The van der Waals surface area contributed by atoms with Crippen LogP contribution < -0.4 is 10.0 Å². The summed E-state index contributed by atoms with van der Waals surface area (Å²) in [6.07, 6.45) is 1.73. The van der Waals surface area contributed by atoms with Crippen molar-refractivity contribution in [2.45, 2.75) is 36.7 Å². The lowest BCUT2D eigenvalue weighted by molar-refractivity contribution is 0.0940. The Morgan fingerprint density at radius 1 is 1.08 bits per heavy atom. The average molecular weight is 413 g/mol. The van der Waals surface area contributed by atoms with E-state index < -0.39 is 10.0 Å². The maximum Gasteiger partial charge on any atom is 0.251 e. The SMILES string of the molecule is C[C@@H](NC(=O)c1ccc(S(=O)(=O)NC2CC2)cc1)c1ccc(Cl)c(Cl)c1. The molecule has 0 unspecified atom stereocenters. The van der Waals surface area contributed by atoms with Crippen molar-refractivity contribution in [2.24, 2.45) is 0 Å². The first-order valence-corrected chi connectivity index (χ1v) is 10.4. The molecule has 2 aromatic carbocycles. The molecule has 1 aliphatic carbocycles. The van der Waals surface area contributed by atoms with Crippen LogP contribution in [0.15, 0.2) is 47.4 Å². The molecule has 0 saturated heterocycles. The highest BCUT2D eigenvalue weighted by Gasteiger charge is 2.28. The molecule has 1 fully saturated rings. The van der Waals surface area contributed by atoms with Gasteiger partial charge in [0.2, 0.25) is 10.0 Å². The minimum absolute atomic E-state index is 0.0371. The van der Waals surface area contributed by atoms with Gasteiger partial charge in [0.1, 0.15) is 0 Å². The molecular formula is C18H18Cl2N2O3S. The highest BCUT2D eigenvalue weighted by molar-refractivity contribution is 7.89. The van der Waals surface area contributed by atoms with Crippen LogP contribution in [0.25, 0.3) is 0 Å². The van der Waals surface area contributed by atoms with Crippen LogP contribution in [0.4, 0.5) is 0 Å². The number of benzene rings is 2. The van der Waals surface area contributed by atoms with E-state index in [2.05, 4.69) is 10.0 Å². The number of nitrogens with one attached hydrogen (secondary N) is 2. The molecule has 1 atom stereocenters. The molecule has 0 aromatic heterocycles. The summed E-state index contributed by atoms with van der Waals surface area (Å²) in [7, 11) is -3.52. The number of carbonyl (C=O) groups is 1. The van der Waals surface area contributed by atoms with Crippen molar-refractivity contribution in [3.63, 3.8) is 0 Å². The maximum atomic E-state index is 12.4. The third-order valence-corrected chi connectivity index (χ3v) is 6.39. The molecular weight excluding hydrogens is 395 g/mol. The third kappa shape index (κ3) is 4.57. The molecule has 5 nitrogen and oxygen atoms in total. The van der Waals surface area contributed by atoms with E-state index in [4.69, 9.17) is 23.2 Å². The minimum Gasteiger partial charge on any atom is -0.346 e. The second-order valence-electron chi connectivity index (χ2n) is 6.29. The van der Waals surface area contributed by atoms with Gasteiger partial charge >= 0.3 is 0 Å². The Hall–Kier alpha value is -1.60. The highest BCUT2D eigenvalue weighted by Crippen LogP contribution is 2.26. The molecule has 0 radical (unpaired) electrons. The van der Waals surface area contributed by atoms with Crippen molar-refractivity contribution in [1.82, 2.24) is 10.0 Å². The van der Waals surface area contributed by atoms with Crippen LogP contribution in [0.5, 0.6) is 0 Å². The van der Waals surface area contributed by atoms with Gasteiger partial charge in [0.15, 0.2) is 0 Å². The van der Waals surface area contributed by atoms with E-state index in [1.165, 1.54) is 24.3 Å². The summed E-state index contributed by atoms with van der Waals surface area (Å²) in [5.41, 5.74) is 1.20. The van der Waals surface area contributed by atoms with Crippen LogP contribution in [-0.2, 0) is 10.0 Å². The number of hydrogen-bond acceptors (Lipinski definition) is 3. The molecule has 1 saturated carbocycles. The lowest BCUT2D eigenvalue weighted by Crippen LogP contribution is -2.27. The number of rotatable bonds is 6. The summed E-state index contributed by atoms with van der Waals surface area (Å²) < 4.78 is 26.9. The lowest BCUT2D eigenvalue weighted by Gasteiger charge is -2.15. The van der Waals surface area contributed by atoms with Crippen LogP contribution in [0.2, 0.25) is 10.0 Å². The Morgan fingerprint density at radius 3 is 2.31 bits per heavy atom. The standard InChI is InChI=1S/C18H18Cl2N2O3S/c1-11(13-4-9-16(19)17(20)10-13)21-18(23)12-2-7-15(8-3-12)26(24,25)22-14-5-6-14/h2-4,7-11,14,22H,5-6H2,1H3,(H,21,23)/t11-/m1/s1. The first-order chi connectivity index (χ1) is 12.3. The fraction of sp³-hybridized carbons (Fsp3) is 0.278. The predicted octanol–water partition coefficient (Wildman–Crippen LogP) is 3.93. The molecule has 3 rings (SSSR count). The number of halogens is 2. The number of amides is 1. The molecule has 0 heterocycles. The van der Waals surface area contributed by atoms with E-state index in [9.17, 15) is 13.2 Å². The molecule has 138 valence electrons. The van der Waals surface area contributed by atoms with Gasteiger partial charge in [-0.2, -0.15) is 0 Å². The summed E-state index contributed by atoms with van der Waals surface area (Å²) >= 11 is 11.9. The van der Waals surface area contributed by atoms with Crippen LogP contribution >= 0.6 is 23.2 Å². The van der Waals surface area contributed by atoms with Crippen LogP contribution in [0.3, 0.4) is 0 Å². The van der Waals surface area contributed by atoms with Gasteiger partial charge in [-0.15, -0.1) is 0 Å². The van der Waals surface area contributed by atoms with Gasteiger partial charge in [-0.1, -0.05) is 29.3 Å². The molecule has 0 spiro atoms. The second kappa shape index (κ2) is 7.56. The smallest absolute Gasteiger partial charge is 0.251 e. The van der Waals surface area contributed by atoms with Gasteiger partial charge in [-0.25, -0.2) is 13.1 Å². The molecule has 2 aromatic rings. The first kappa shape index (κ1) is 19.2. The van der Waals surface area contributed by atoms with Crippen molar-refractivity contribution >= 4 is 39.1 Å². The molecule has 26 heavy (non-hydrogen) atoms. The second-order valence-corrected chi connectivity index (χ2v) is 8.82. The largest absolute Gasteiger partial charge is 0.346 e. The Bertz CT molecular complexity index is 926. The zero-order valence-corrected chi connectivity index (χ0v) is 16.3. The highest BCUT2D eigenvalue weighted by atomic mass is 35.5. The Kier molecular flexibility index (Phi) is 5.58. The van der Waals surface area contributed by atoms with E-state index in [0.29, 0.717) is 15.6 Å². The number of hydrogen-bond donors (Lipinski definition) is 2. The monoisotopic (exact) mass is 412 g/mol. The summed E-state index contributed by atoms with van der Waals surface area (Å²) in [5, 5.41) is 3.72. The lowest BCUT2D eigenvalue weighted by atomic mass is 10.1. The van der Waals surface area contributed by atoms with Crippen molar-refractivity contribution in [3.8, 4) is 0 Å².